The second-order valence-corrected chi connectivity index (χ2v) is 7.79. The molecule has 0 aliphatic heterocycles. The van der Waals surface area contributed by atoms with Crippen molar-refractivity contribution in [2.45, 2.75) is 20.5 Å². The van der Waals surface area contributed by atoms with E-state index < -0.39 is 0 Å². The minimum Gasteiger partial charge on any atom is -0.506 e. The summed E-state index contributed by atoms with van der Waals surface area (Å²) in [5.74, 6) is 1.31. The Bertz CT molecular complexity index is 919. The predicted octanol–water partition coefficient (Wildman–Crippen LogP) is 5.62. The van der Waals surface area contributed by atoms with Gasteiger partial charge in [-0.15, -0.1) is 10.2 Å². The molecule has 0 atom stereocenters. The maximum absolute atomic E-state index is 9.79. The second kappa shape index (κ2) is 7.90. The highest BCUT2D eigenvalue weighted by Gasteiger charge is 2.10. The Hall–Kier alpha value is -1.70. The Morgan fingerprint density at radius 2 is 1.65 bits per heavy atom. The molecule has 26 heavy (non-hydrogen) atoms. The van der Waals surface area contributed by atoms with E-state index in [1.807, 2.05) is 26.0 Å². The lowest BCUT2D eigenvalue weighted by Crippen LogP contribution is -2.04. The van der Waals surface area contributed by atoms with Gasteiger partial charge in [0.25, 0.3) is 0 Å². The monoisotopic (exact) mass is 497 g/mol. The summed E-state index contributed by atoms with van der Waals surface area (Å²) in [7, 11) is 0. The summed E-state index contributed by atoms with van der Waals surface area (Å²) in [6.07, 6.45) is 1.62. The number of aromatic hydroxyl groups is 1. The lowest BCUT2D eigenvalue weighted by molar-refractivity contribution is 0.293. The van der Waals surface area contributed by atoms with Crippen molar-refractivity contribution in [2.24, 2.45) is 0 Å². The number of phenolic OH excluding ortho intramolecular Hbond substituents is 1. The van der Waals surface area contributed by atoms with Crippen molar-refractivity contribution in [3.8, 4) is 22.8 Å². The van der Waals surface area contributed by atoms with E-state index >= 15 is 0 Å². The molecule has 5 nitrogen and oxygen atoms in total. The molecule has 8 heteroatoms. The topological polar surface area (TPSA) is 68.1 Å². The lowest BCUT2D eigenvalue weighted by Gasteiger charge is -2.09. The first-order valence-corrected chi connectivity index (χ1v) is 9.58. The summed E-state index contributed by atoms with van der Waals surface area (Å²) >= 11 is 12.8. The van der Waals surface area contributed by atoms with Crippen molar-refractivity contribution >= 4 is 43.5 Å². The van der Waals surface area contributed by atoms with Crippen molar-refractivity contribution in [1.29, 1.82) is 0 Å². The molecule has 2 aromatic carbocycles. The molecule has 0 radical (unpaired) electrons. The summed E-state index contributed by atoms with van der Waals surface area (Å²) in [5, 5.41) is 18.8. The smallest absolute Gasteiger partial charge is 0.188 e. The maximum atomic E-state index is 9.79. The summed E-state index contributed by atoms with van der Waals surface area (Å²) in [6, 6.07) is 7.26. The zero-order chi connectivity index (χ0) is 18.8. The van der Waals surface area contributed by atoms with Crippen LogP contribution in [-0.4, -0.2) is 20.3 Å². The maximum Gasteiger partial charge on any atom is 0.188 e. The van der Waals surface area contributed by atoms with Crippen LogP contribution in [0.25, 0.3) is 11.3 Å². The van der Waals surface area contributed by atoms with Crippen molar-refractivity contribution < 1.29 is 9.84 Å². The van der Waals surface area contributed by atoms with Gasteiger partial charge < -0.3 is 9.84 Å². The number of aryl methyl sites for hydroxylation is 2. The molecule has 0 aliphatic carbocycles. The van der Waals surface area contributed by atoms with Crippen LogP contribution >= 0.6 is 43.5 Å². The SMILES string of the molecule is Cc1cc(OCc2ncc(-c3cc(Br)c(O)c(Br)c3)nn2)cc(C)c1Cl. The average Bonchev–Trinajstić information content (AvgIpc) is 2.62. The second-order valence-electron chi connectivity index (χ2n) is 5.71. The van der Waals surface area contributed by atoms with Crippen LogP contribution in [0, 0.1) is 13.8 Å². The van der Waals surface area contributed by atoms with E-state index in [2.05, 4.69) is 47.0 Å². The van der Waals surface area contributed by atoms with Gasteiger partial charge in [0.1, 0.15) is 23.8 Å². The van der Waals surface area contributed by atoms with Crippen molar-refractivity contribution in [2.75, 3.05) is 0 Å². The highest BCUT2D eigenvalue weighted by molar-refractivity contribution is 9.11. The van der Waals surface area contributed by atoms with Crippen molar-refractivity contribution in [3.63, 3.8) is 0 Å². The Kier molecular flexibility index (Phi) is 5.79. The number of nitrogens with zero attached hydrogens (tertiary/aromatic N) is 3. The molecule has 0 fully saturated rings. The van der Waals surface area contributed by atoms with Crippen LogP contribution in [0.3, 0.4) is 0 Å². The fourth-order valence-electron chi connectivity index (χ4n) is 2.35. The molecule has 1 aromatic heterocycles. The fourth-order valence-corrected chi connectivity index (χ4v) is 3.64. The van der Waals surface area contributed by atoms with E-state index in [1.54, 1.807) is 18.3 Å². The van der Waals surface area contributed by atoms with Gasteiger partial charge >= 0.3 is 0 Å². The molecule has 0 aliphatic rings. The fraction of sp³-hybridized carbons (Fsp3) is 0.167. The first-order chi connectivity index (χ1) is 12.3. The highest BCUT2D eigenvalue weighted by atomic mass is 79.9. The van der Waals surface area contributed by atoms with E-state index in [4.69, 9.17) is 16.3 Å². The third-order valence-corrected chi connectivity index (χ3v) is 5.50. The molecule has 0 amide bonds. The summed E-state index contributed by atoms with van der Waals surface area (Å²) in [6.45, 7) is 4.07. The standard InChI is InChI=1S/C18H14Br2ClN3O2/c1-9-3-12(4-10(2)17(9)21)26-8-16-22-7-15(23-24-16)11-5-13(19)18(25)14(20)6-11/h3-7,25H,8H2,1-2H3. The van der Waals surface area contributed by atoms with Crippen LogP contribution < -0.4 is 4.74 Å². The first-order valence-electron chi connectivity index (χ1n) is 7.61. The number of aromatic nitrogens is 3. The summed E-state index contributed by atoms with van der Waals surface area (Å²) < 4.78 is 6.86. The molecule has 0 spiro atoms. The van der Waals surface area contributed by atoms with Gasteiger partial charge in [-0.25, -0.2) is 4.98 Å². The number of halogens is 3. The Morgan fingerprint density at radius 1 is 1.04 bits per heavy atom. The molecule has 0 bridgehead atoms. The van der Waals surface area contributed by atoms with Gasteiger partial charge in [-0.2, -0.15) is 0 Å². The number of hydrogen-bond acceptors (Lipinski definition) is 5. The Labute approximate surface area is 172 Å². The Morgan fingerprint density at radius 3 is 2.19 bits per heavy atom. The van der Waals surface area contributed by atoms with Gasteiger partial charge in [-0.3, -0.25) is 0 Å². The van der Waals surface area contributed by atoms with Gasteiger partial charge in [0, 0.05) is 10.6 Å². The molecular formula is C18H14Br2ClN3O2. The zero-order valence-electron chi connectivity index (χ0n) is 13.9. The van der Waals surface area contributed by atoms with Crippen LogP contribution in [0.15, 0.2) is 39.4 Å². The third-order valence-electron chi connectivity index (χ3n) is 3.70. The van der Waals surface area contributed by atoms with Crippen LogP contribution in [0.4, 0.5) is 0 Å². The average molecular weight is 500 g/mol. The lowest BCUT2D eigenvalue weighted by atomic mass is 10.1. The predicted molar refractivity (Wildman–Crippen MR) is 108 cm³/mol. The van der Waals surface area contributed by atoms with Gasteiger partial charge in [0.15, 0.2) is 5.82 Å². The number of hydrogen-bond donors (Lipinski definition) is 1. The number of benzene rings is 2. The van der Waals surface area contributed by atoms with Crippen molar-refractivity contribution in [3.05, 3.63) is 61.4 Å². The quantitative estimate of drug-likeness (QED) is 0.505. The minimum atomic E-state index is 0.133. The normalized spacial score (nSPS) is 10.8. The van der Waals surface area contributed by atoms with Gasteiger partial charge in [-0.1, -0.05) is 11.6 Å². The summed E-state index contributed by atoms with van der Waals surface area (Å²) in [5.41, 5.74) is 3.28. The number of phenols is 1. The van der Waals surface area contributed by atoms with Crippen LogP contribution in [0.5, 0.6) is 11.5 Å². The van der Waals surface area contributed by atoms with Gasteiger partial charge in [0.2, 0.25) is 0 Å². The largest absolute Gasteiger partial charge is 0.506 e. The minimum absolute atomic E-state index is 0.133. The van der Waals surface area contributed by atoms with Gasteiger partial charge in [-0.05, 0) is 81.1 Å². The molecule has 0 saturated heterocycles. The van der Waals surface area contributed by atoms with Gasteiger partial charge in [0.05, 0.1) is 15.1 Å². The van der Waals surface area contributed by atoms with E-state index in [0.29, 0.717) is 26.2 Å². The number of ether oxygens (including phenoxy) is 1. The molecule has 1 N–H and O–H groups in total. The molecule has 134 valence electrons. The van der Waals surface area contributed by atoms with Crippen molar-refractivity contribution in [1.82, 2.24) is 15.2 Å². The molecule has 3 aromatic rings. The zero-order valence-corrected chi connectivity index (χ0v) is 17.9. The van der Waals surface area contributed by atoms with Crippen LogP contribution in [0.2, 0.25) is 5.02 Å². The third kappa shape index (κ3) is 4.16. The molecule has 0 saturated carbocycles. The first kappa shape index (κ1) is 19.1. The molecule has 1 heterocycles. The molecule has 3 rings (SSSR count). The van der Waals surface area contributed by atoms with E-state index in [1.165, 1.54) is 0 Å². The molecular weight excluding hydrogens is 485 g/mol. The summed E-state index contributed by atoms with van der Waals surface area (Å²) in [4.78, 5) is 4.30. The van der Waals surface area contributed by atoms with Crippen LogP contribution in [0.1, 0.15) is 17.0 Å². The molecule has 0 unspecified atom stereocenters. The van der Waals surface area contributed by atoms with E-state index in [0.717, 1.165) is 21.7 Å². The number of rotatable bonds is 4. The Balaban J connectivity index is 1.74. The van der Waals surface area contributed by atoms with E-state index in [-0.39, 0.29) is 12.4 Å². The van der Waals surface area contributed by atoms with E-state index in [9.17, 15) is 5.11 Å². The highest BCUT2D eigenvalue weighted by Crippen LogP contribution is 2.36. The van der Waals surface area contributed by atoms with Crippen LogP contribution in [-0.2, 0) is 6.61 Å².